The Morgan fingerprint density at radius 2 is 1.59 bits per heavy atom. The predicted molar refractivity (Wildman–Crippen MR) is 142 cm³/mol. The number of benzene rings is 3. The molecule has 0 fully saturated rings. The Bertz CT molecular complexity index is 1230. The van der Waals surface area contributed by atoms with Crippen LogP contribution < -0.4 is 15.4 Å². The number of aromatic hydroxyl groups is 1. The SMILES string of the molecule is CCOC(=O)C(=O)Nc1cc(C)c(Oc2ccc(O)c(NC(=O)CCCCc3ccccc3)c2)c(C)c1. The molecule has 0 unspecified atom stereocenters. The zero-order valence-electron chi connectivity index (χ0n) is 21.3. The summed E-state index contributed by atoms with van der Waals surface area (Å²) in [7, 11) is 0. The van der Waals surface area contributed by atoms with Crippen molar-refractivity contribution in [2.75, 3.05) is 17.2 Å². The molecule has 2 amide bonds. The number of ether oxygens (including phenoxy) is 2. The van der Waals surface area contributed by atoms with Gasteiger partial charge in [-0.05, 0) is 81.0 Å². The van der Waals surface area contributed by atoms with E-state index in [4.69, 9.17) is 9.47 Å². The van der Waals surface area contributed by atoms with Gasteiger partial charge in [0.25, 0.3) is 0 Å². The molecule has 8 nitrogen and oxygen atoms in total. The second-order valence-electron chi connectivity index (χ2n) is 8.64. The molecule has 0 spiro atoms. The van der Waals surface area contributed by atoms with E-state index in [0.29, 0.717) is 23.6 Å². The highest BCUT2D eigenvalue weighted by Crippen LogP contribution is 2.35. The number of amides is 2. The van der Waals surface area contributed by atoms with E-state index in [1.54, 1.807) is 45.0 Å². The van der Waals surface area contributed by atoms with Gasteiger partial charge in [-0.1, -0.05) is 30.3 Å². The minimum absolute atomic E-state index is 0.0598. The van der Waals surface area contributed by atoms with Crippen molar-refractivity contribution in [3.8, 4) is 17.2 Å². The van der Waals surface area contributed by atoms with Crippen molar-refractivity contribution in [2.45, 2.75) is 46.5 Å². The molecular weight excluding hydrogens is 472 g/mol. The van der Waals surface area contributed by atoms with Crippen LogP contribution in [0.3, 0.4) is 0 Å². The second kappa shape index (κ2) is 13.1. The van der Waals surface area contributed by atoms with Gasteiger partial charge in [0, 0.05) is 18.2 Å². The fourth-order valence-corrected chi connectivity index (χ4v) is 3.83. The van der Waals surface area contributed by atoms with E-state index in [1.165, 1.54) is 11.6 Å². The first-order chi connectivity index (χ1) is 17.8. The number of unbranched alkanes of at least 4 members (excludes halogenated alkanes) is 1. The van der Waals surface area contributed by atoms with Crippen LogP contribution in [0.2, 0.25) is 0 Å². The maximum atomic E-state index is 12.4. The zero-order chi connectivity index (χ0) is 26.8. The number of carbonyl (C=O) groups is 3. The van der Waals surface area contributed by atoms with Crippen molar-refractivity contribution < 1.29 is 29.0 Å². The quantitative estimate of drug-likeness (QED) is 0.142. The summed E-state index contributed by atoms with van der Waals surface area (Å²) in [5, 5.41) is 15.5. The van der Waals surface area contributed by atoms with Crippen LogP contribution in [0.1, 0.15) is 42.9 Å². The second-order valence-corrected chi connectivity index (χ2v) is 8.64. The standard InChI is InChI=1S/C29H32N2O6/c1-4-36-29(35)28(34)30-22-16-19(2)27(20(3)17-22)37-23-14-15-25(32)24(18-23)31-26(33)13-9-8-12-21-10-6-5-7-11-21/h5-7,10-11,14-18,32H,4,8-9,12-13H2,1-3H3,(H,30,34)(H,31,33). The Balaban J connectivity index is 1.60. The predicted octanol–water partition coefficient (Wildman–Crippen LogP) is 5.65. The summed E-state index contributed by atoms with van der Waals surface area (Å²) >= 11 is 0. The largest absolute Gasteiger partial charge is 0.506 e. The summed E-state index contributed by atoms with van der Waals surface area (Å²) < 4.78 is 10.8. The number of hydrogen-bond donors (Lipinski definition) is 3. The number of anilines is 2. The van der Waals surface area contributed by atoms with Crippen molar-refractivity contribution in [3.63, 3.8) is 0 Å². The molecule has 0 atom stereocenters. The molecule has 0 saturated carbocycles. The van der Waals surface area contributed by atoms with Gasteiger partial charge in [-0.25, -0.2) is 4.79 Å². The fourth-order valence-electron chi connectivity index (χ4n) is 3.83. The molecule has 3 N–H and O–H groups in total. The van der Waals surface area contributed by atoms with Crippen LogP contribution >= 0.6 is 0 Å². The van der Waals surface area contributed by atoms with Crippen LogP contribution in [0.15, 0.2) is 60.7 Å². The highest BCUT2D eigenvalue weighted by molar-refractivity contribution is 6.37. The van der Waals surface area contributed by atoms with E-state index in [-0.39, 0.29) is 24.0 Å². The molecule has 3 aromatic carbocycles. The Morgan fingerprint density at radius 3 is 2.27 bits per heavy atom. The van der Waals surface area contributed by atoms with Crippen molar-refractivity contribution in [1.82, 2.24) is 0 Å². The lowest BCUT2D eigenvalue weighted by molar-refractivity contribution is -0.152. The van der Waals surface area contributed by atoms with Crippen molar-refractivity contribution in [2.24, 2.45) is 0 Å². The third-order valence-electron chi connectivity index (χ3n) is 5.60. The van der Waals surface area contributed by atoms with Gasteiger partial charge in [0.2, 0.25) is 5.91 Å². The number of aryl methyl sites for hydroxylation is 3. The summed E-state index contributed by atoms with van der Waals surface area (Å²) in [4.78, 5) is 36.0. The van der Waals surface area contributed by atoms with Crippen LogP contribution in [0.4, 0.5) is 11.4 Å². The molecule has 0 radical (unpaired) electrons. The van der Waals surface area contributed by atoms with Gasteiger partial charge < -0.3 is 25.2 Å². The average Bonchev–Trinajstić information content (AvgIpc) is 2.86. The number of rotatable bonds is 10. The first-order valence-electron chi connectivity index (χ1n) is 12.2. The Labute approximate surface area is 216 Å². The number of phenolic OH excluding ortho intramolecular Hbond substituents is 1. The van der Waals surface area contributed by atoms with Crippen LogP contribution in [0, 0.1) is 13.8 Å². The van der Waals surface area contributed by atoms with Gasteiger partial charge >= 0.3 is 11.9 Å². The normalized spacial score (nSPS) is 10.5. The van der Waals surface area contributed by atoms with E-state index in [2.05, 4.69) is 22.8 Å². The molecule has 0 aromatic heterocycles. The van der Waals surface area contributed by atoms with Crippen LogP contribution in [-0.4, -0.2) is 29.5 Å². The number of esters is 1. The average molecular weight is 505 g/mol. The fraction of sp³-hybridized carbons (Fsp3) is 0.276. The minimum atomic E-state index is -0.951. The van der Waals surface area contributed by atoms with Gasteiger partial charge in [-0.15, -0.1) is 0 Å². The van der Waals surface area contributed by atoms with Gasteiger partial charge in [-0.3, -0.25) is 9.59 Å². The summed E-state index contributed by atoms with van der Waals surface area (Å²) in [6.45, 7) is 5.35. The van der Waals surface area contributed by atoms with E-state index < -0.39 is 11.9 Å². The molecule has 0 heterocycles. The highest BCUT2D eigenvalue weighted by atomic mass is 16.5. The topological polar surface area (TPSA) is 114 Å². The molecule has 194 valence electrons. The number of phenols is 1. The Morgan fingerprint density at radius 1 is 0.892 bits per heavy atom. The van der Waals surface area contributed by atoms with E-state index in [0.717, 1.165) is 30.4 Å². The first-order valence-corrected chi connectivity index (χ1v) is 12.2. The maximum Gasteiger partial charge on any atom is 0.397 e. The smallest absolute Gasteiger partial charge is 0.397 e. The number of nitrogens with one attached hydrogen (secondary N) is 2. The lowest BCUT2D eigenvalue weighted by atomic mass is 10.1. The number of carbonyl (C=O) groups excluding carboxylic acids is 3. The Hall–Kier alpha value is -4.33. The summed E-state index contributed by atoms with van der Waals surface area (Å²) in [6, 6.07) is 18.1. The molecule has 0 aliphatic heterocycles. The van der Waals surface area contributed by atoms with Crippen LogP contribution in [-0.2, 0) is 25.5 Å². The molecule has 37 heavy (non-hydrogen) atoms. The van der Waals surface area contributed by atoms with Crippen LogP contribution in [0.25, 0.3) is 0 Å². The molecule has 8 heteroatoms. The lowest BCUT2D eigenvalue weighted by Gasteiger charge is -2.15. The van der Waals surface area contributed by atoms with Crippen molar-refractivity contribution >= 4 is 29.2 Å². The molecule has 0 saturated heterocycles. The summed E-state index contributed by atoms with van der Waals surface area (Å²) in [5.41, 5.74) is 3.38. The zero-order valence-corrected chi connectivity index (χ0v) is 21.3. The minimum Gasteiger partial charge on any atom is -0.506 e. The van der Waals surface area contributed by atoms with Gasteiger partial charge in [0.15, 0.2) is 0 Å². The molecule has 0 aliphatic rings. The summed E-state index contributed by atoms with van der Waals surface area (Å²) in [6.07, 6.45) is 2.87. The maximum absolute atomic E-state index is 12.4. The van der Waals surface area contributed by atoms with E-state index >= 15 is 0 Å². The monoisotopic (exact) mass is 504 g/mol. The first kappa shape index (κ1) is 27.3. The van der Waals surface area contributed by atoms with Crippen molar-refractivity contribution in [3.05, 3.63) is 77.4 Å². The molecule has 3 aromatic rings. The Kier molecular flexibility index (Phi) is 9.66. The third-order valence-corrected chi connectivity index (χ3v) is 5.60. The number of hydrogen-bond acceptors (Lipinski definition) is 6. The lowest BCUT2D eigenvalue weighted by Crippen LogP contribution is -2.25. The highest BCUT2D eigenvalue weighted by Gasteiger charge is 2.17. The van der Waals surface area contributed by atoms with Gasteiger partial charge in [0.05, 0.1) is 12.3 Å². The summed E-state index contributed by atoms with van der Waals surface area (Å²) in [5.74, 6) is -1.07. The molecule has 3 rings (SSSR count). The van der Waals surface area contributed by atoms with Crippen molar-refractivity contribution in [1.29, 1.82) is 0 Å². The molecular formula is C29H32N2O6. The third kappa shape index (κ3) is 8.10. The van der Waals surface area contributed by atoms with Crippen LogP contribution in [0.5, 0.6) is 17.2 Å². The molecule has 0 aliphatic carbocycles. The van der Waals surface area contributed by atoms with E-state index in [1.807, 2.05) is 18.2 Å². The molecule has 0 bridgehead atoms. The van der Waals surface area contributed by atoms with E-state index in [9.17, 15) is 19.5 Å². The van der Waals surface area contributed by atoms with Gasteiger partial charge in [-0.2, -0.15) is 0 Å². The van der Waals surface area contributed by atoms with Gasteiger partial charge in [0.1, 0.15) is 17.2 Å².